The molecule has 1 aliphatic rings. The second-order valence-electron chi connectivity index (χ2n) is 5.83. The first kappa shape index (κ1) is 16.6. The molecule has 1 aliphatic heterocycles. The molecule has 1 atom stereocenters. The molecule has 0 bridgehead atoms. The molecule has 1 heterocycles. The lowest BCUT2D eigenvalue weighted by atomic mass is 10.0. The average Bonchev–Trinajstić information content (AvgIpc) is 2.54. The van der Waals surface area contributed by atoms with Crippen LogP contribution in [0.15, 0.2) is 18.2 Å². The van der Waals surface area contributed by atoms with E-state index in [-0.39, 0.29) is 18.7 Å². The van der Waals surface area contributed by atoms with Crippen LogP contribution in [-0.4, -0.2) is 42.3 Å². The van der Waals surface area contributed by atoms with Crippen LogP contribution >= 0.6 is 0 Å². The zero-order valence-corrected chi connectivity index (χ0v) is 13.5. The van der Waals surface area contributed by atoms with Crippen LogP contribution in [0.4, 0.5) is 4.79 Å². The number of rotatable bonds is 5. The zero-order chi connectivity index (χ0) is 15.9. The molecule has 1 saturated heterocycles. The summed E-state index contributed by atoms with van der Waals surface area (Å²) < 4.78 is 5.37. The molecule has 0 aliphatic carbocycles. The van der Waals surface area contributed by atoms with Crippen LogP contribution in [0.25, 0.3) is 0 Å². The second-order valence-corrected chi connectivity index (χ2v) is 5.83. The van der Waals surface area contributed by atoms with Gasteiger partial charge in [0.2, 0.25) is 0 Å². The molecule has 0 aromatic heterocycles. The second kappa shape index (κ2) is 8.03. The molecular formula is C17H26N2O3. The molecule has 122 valence electrons. The summed E-state index contributed by atoms with van der Waals surface area (Å²) in [7, 11) is 1.64. The van der Waals surface area contributed by atoms with Gasteiger partial charge >= 0.3 is 6.03 Å². The predicted octanol–water partition coefficient (Wildman–Crippen LogP) is 2.45. The Labute approximate surface area is 132 Å². The van der Waals surface area contributed by atoms with Crippen molar-refractivity contribution in [3.05, 3.63) is 29.3 Å². The number of carbonyl (C=O) groups is 1. The van der Waals surface area contributed by atoms with E-state index in [0.717, 1.165) is 42.7 Å². The maximum absolute atomic E-state index is 12.4. The van der Waals surface area contributed by atoms with Gasteiger partial charge < -0.3 is 20.1 Å². The summed E-state index contributed by atoms with van der Waals surface area (Å²) in [5, 5.41) is 12.1. The van der Waals surface area contributed by atoms with Crippen LogP contribution in [0.2, 0.25) is 0 Å². The van der Waals surface area contributed by atoms with E-state index in [1.165, 1.54) is 0 Å². The summed E-state index contributed by atoms with van der Waals surface area (Å²) in [4.78, 5) is 14.3. The molecule has 1 fully saturated rings. The monoisotopic (exact) mass is 306 g/mol. The molecule has 0 spiro atoms. The lowest BCUT2D eigenvalue weighted by Gasteiger charge is -2.35. The number of methoxy groups -OCH3 is 1. The number of amides is 2. The first-order valence-electron chi connectivity index (χ1n) is 7.94. The normalized spacial score (nSPS) is 18.1. The van der Waals surface area contributed by atoms with E-state index in [1.807, 2.05) is 30.0 Å². The SMILES string of the molecule is COc1cc(C)ccc1CNC(=O)N1CCCCC1CCO. The number of hydrogen-bond donors (Lipinski definition) is 2. The van der Waals surface area contributed by atoms with Crippen molar-refractivity contribution in [2.75, 3.05) is 20.3 Å². The highest BCUT2D eigenvalue weighted by Crippen LogP contribution is 2.21. The number of hydrogen-bond acceptors (Lipinski definition) is 3. The molecule has 2 amide bonds. The van der Waals surface area contributed by atoms with Gasteiger partial charge in [-0.3, -0.25) is 0 Å². The Kier molecular flexibility index (Phi) is 6.07. The Morgan fingerprint density at radius 3 is 3.00 bits per heavy atom. The van der Waals surface area contributed by atoms with Gasteiger partial charge in [-0.05, 0) is 44.2 Å². The average molecular weight is 306 g/mol. The number of aryl methyl sites for hydroxylation is 1. The van der Waals surface area contributed by atoms with Crippen molar-refractivity contribution >= 4 is 6.03 Å². The molecule has 0 saturated carbocycles. The number of nitrogens with zero attached hydrogens (tertiary/aromatic N) is 1. The molecule has 0 radical (unpaired) electrons. The van der Waals surface area contributed by atoms with Gasteiger partial charge in [0.15, 0.2) is 0 Å². The molecule has 5 heteroatoms. The lowest BCUT2D eigenvalue weighted by molar-refractivity contribution is 0.131. The first-order chi connectivity index (χ1) is 10.7. The molecule has 1 aromatic rings. The highest BCUT2D eigenvalue weighted by atomic mass is 16.5. The van der Waals surface area contributed by atoms with Crippen molar-refractivity contribution in [2.45, 2.75) is 45.2 Å². The fourth-order valence-corrected chi connectivity index (χ4v) is 2.99. The number of likely N-dealkylation sites (tertiary alicyclic amines) is 1. The van der Waals surface area contributed by atoms with Crippen molar-refractivity contribution in [3.63, 3.8) is 0 Å². The maximum atomic E-state index is 12.4. The van der Waals surface area contributed by atoms with Gasteiger partial charge in [-0.1, -0.05) is 12.1 Å². The molecule has 1 unspecified atom stereocenters. The largest absolute Gasteiger partial charge is 0.496 e. The van der Waals surface area contributed by atoms with E-state index in [2.05, 4.69) is 5.32 Å². The first-order valence-corrected chi connectivity index (χ1v) is 7.94. The summed E-state index contributed by atoms with van der Waals surface area (Å²) in [6.07, 6.45) is 3.78. The summed E-state index contributed by atoms with van der Waals surface area (Å²) >= 11 is 0. The smallest absolute Gasteiger partial charge is 0.317 e. The van der Waals surface area contributed by atoms with Crippen molar-refractivity contribution < 1.29 is 14.6 Å². The molecular weight excluding hydrogens is 280 g/mol. The van der Waals surface area contributed by atoms with Gasteiger partial charge in [-0.2, -0.15) is 0 Å². The highest BCUT2D eigenvalue weighted by Gasteiger charge is 2.26. The summed E-state index contributed by atoms with van der Waals surface area (Å²) in [5.41, 5.74) is 2.10. The number of piperidine rings is 1. The Morgan fingerprint density at radius 2 is 2.27 bits per heavy atom. The number of urea groups is 1. The topological polar surface area (TPSA) is 61.8 Å². The standard InChI is InChI=1S/C17H26N2O3/c1-13-6-7-14(16(11-13)22-2)12-18-17(21)19-9-4-3-5-15(19)8-10-20/h6-7,11,15,20H,3-5,8-10,12H2,1-2H3,(H,18,21). The Morgan fingerprint density at radius 1 is 1.45 bits per heavy atom. The van der Waals surface area contributed by atoms with Crippen LogP contribution in [0, 0.1) is 6.92 Å². The Hall–Kier alpha value is -1.75. The number of nitrogens with one attached hydrogen (secondary N) is 1. The van der Waals surface area contributed by atoms with Crippen LogP contribution in [0.3, 0.4) is 0 Å². The fraction of sp³-hybridized carbons (Fsp3) is 0.588. The highest BCUT2D eigenvalue weighted by molar-refractivity contribution is 5.74. The van der Waals surface area contributed by atoms with E-state index in [0.29, 0.717) is 13.0 Å². The number of aliphatic hydroxyl groups excluding tert-OH is 1. The fourth-order valence-electron chi connectivity index (χ4n) is 2.99. The minimum atomic E-state index is -0.0548. The van der Waals surface area contributed by atoms with Crippen molar-refractivity contribution in [1.82, 2.24) is 10.2 Å². The van der Waals surface area contributed by atoms with E-state index in [4.69, 9.17) is 9.84 Å². The minimum Gasteiger partial charge on any atom is -0.496 e. The third kappa shape index (κ3) is 4.13. The van der Waals surface area contributed by atoms with Gasteiger partial charge in [0.1, 0.15) is 5.75 Å². The van der Waals surface area contributed by atoms with E-state index in [9.17, 15) is 4.79 Å². The molecule has 2 rings (SSSR count). The number of carbonyl (C=O) groups excluding carboxylic acids is 1. The zero-order valence-electron chi connectivity index (χ0n) is 13.5. The number of benzene rings is 1. The van der Waals surface area contributed by atoms with Crippen LogP contribution in [0.5, 0.6) is 5.75 Å². The van der Waals surface area contributed by atoms with Gasteiger partial charge in [-0.15, -0.1) is 0 Å². The molecule has 5 nitrogen and oxygen atoms in total. The summed E-state index contributed by atoms with van der Waals surface area (Å²) in [6.45, 7) is 3.35. The Balaban J connectivity index is 1.96. The van der Waals surface area contributed by atoms with Crippen LogP contribution in [-0.2, 0) is 6.54 Å². The third-order valence-electron chi connectivity index (χ3n) is 4.22. The predicted molar refractivity (Wildman–Crippen MR) is 86.0 cm³/mol. The third-order valence-corrected chi connectivity index (χ3v) is 4.22. The van der Waals surface area contributed by atoms with Crippen molar-refractivity contribution in [3.8, 4) is 5.75 Å². The van der Waals surface area contributed by atoms with Crippen LogP contribution in [0.1, 0.15) is 36.8 Å². The van der Waals surface area contributed by atoms with Crippen molar-refractivity contribution in [2.24, 2.45) is 0 Å². The van der Waals surface area contributed by atoms with Gasteiger partial charge in [0.25, 0.3) is 0 Å². The Bertz CT molecular complexity index is 503. The maximum Gasteiger partial charge on any atom is 0.317 e. The summed E-state index contributed by atoms with van der Waals surface area (Å²) in [5.74, 6) is 0.797. The van der Waals surface area contributed by atoms with Gasteiger partial charge in [0, 0.05) is 31.3 Å². The summed E-state index contributed by atoms with van der Waals surface area (Å²) in [6, 6.07) is 6.06. The number of ether oxygens (including phenoxy) is 1. The van der Waals surface area contributed by atoms with E-state index < -0.39 is 0 Å². The number of aliphatic hydroxyl groups is 1. The van der Waals surface area contributed by atoms with Crippen LogP contribution < -0.4 is 10.1 Å². The van der Waals surface area contributed by atoms with Gasteiger partial charge in [-0.25, -0.2) is 4.79 Å². The minimum absolute atomic E-state index is 0.0548. The van der Waals surface area contributed by atoms with E-state index >= 15 is 0 Å². The lowest BCUT2D eigenvalue weighted by Crippen LogP contribution is -2.48. The molecule has 1 aromatic carbocycles. The molecule has 2 N–H and O–H groups in total. The quantitative estimate of drug-likeness (QED) is 0.878. The van der Waals surface area contributed by atoms with Crippen molar-refractivity contribution in [1.29, 1.82) is 0 Å². The van der Waals surface area contributed by atoms with E-state index in [1.54, 1.807) is 7.11 Å². The van der Waals surface area contributed by atoms with Gasteiger partial charge in [0.05, 0.1) is 7.11 Å². The molecule has 22 heavy (non-hydrogen) atoms.